The van der Waals surface area contributed by atoms with Crippen molar-refractivity contribution in [2.45, 2.75) is 50.9 Å². The second-order valence-electron chi connectivity index (χ2n) is 7.77. The highest BCUT2D eigenvalue weighted by Crippen LogP contribution is 2.07. The molecular formula is C21H30N4O7S. The van der Waals surface area contributed by atoms with E-state index in [1.807, 2.05) is 0 Å². The zero-order chi connectivity index (χ0) is 25.1. The molecule has 0 aliphatic rings. The van der Waals surface area contributed by atoms with Gasteiger partial charge in [-0.1, -0.05) is 44.2 Å². The van der Waals surface area contributed by atoms with Gasteiger partial charge in [0.25, 0.3) is 0 Å². The normalized spacial score (nSPS) is 14.5. The van der Waals surface area contributed by atoms with E-state index >= 15 is 0 Å². The van der Waals surface area contributed by atoms with E-state index < -0.39 is 66.2 Å². The van der Waals surface area contributed by atoms with Gasteiger partial charge in [0.05, 0.1) is 12.5 Å². The Labute approximate surface area is 196 Å². The van der Waals surface area contributed by atoms with Gasteiger partial charge in [-0.15, -0.1) is 0 Å². The molecule has 0 spiro atoms. The maximum atomic E-state index is 12.8. The van der Waals surface area contributed by atoms with Crippen LogP contribution in [-0.2, 0) is 30.4 Å². The van der Waals surface area contributed by atoms with Crippen LogP contribution in [0.4, 0.5) is 0 Å². The highest BCUT2D eigenvalue weighted by Gasteiger charge is 2.31. The minimum atomic E-state index is -1.36. The van der Waals surface area contributed by atoms with E-state index in [1.165, 1.54) is 0 Å². The molecule has 0 aromatic heterocycles. The molecule has 33 heavy (non-hydrogen) atoms. The van der Waals surface area contributed by atoms with Gasteiger partial charge < -0.3 is 31.9 Å². The van der Waals surface area contributed by atoms with Crippen molar-refractivity contribution in [2.24, 2.45) is 11.7 Å². The number of nitrogens with one attached hydrogen (secondary N) is 3. The summed E-state index contributed by atoms with van der Waals surface area (Å²) < 4.78 is 0. The molecular weight excluding hydrogens is 452 g/mol. The van der Waals surface area contributed by atoms with Crippen molar-refractivity contribution in [1.82, 2.24) is 16.0 Å². The third kappa shape index (κ3) is 9.49. The second-order valence-corrected chi connectivity index (χ2v) is 8.13. The van der Waals surface area contributed by atoms with Crippen molar-refractivity contribution in [3.63, 3.8) is 0 Å². The predicted octanol–water partition coefficient (Wildman–Crippen LogP) is -0.844. The van der Waals surface area contributed by atoms with E-state index in [-0.39, 0.29) is 12.2 Å². The quantitative estimate of drug-likeness (QED) is 0.177. The molecule has 182 valence electrons. The summed E-state index contributed by atoms with van der Waals surface area (Å²) in [6.45, 7) is 3.32. The minimum Gasteiger partial charge on any atom is -0.481 e. The van der Waals surface area contributed by atoms with Crippen molar-refractivity contribution in [1.29, 1.82) is 0 Å². The molecule has 11 nitrogen and oxygen atoms in total. The Morgan fingerprint density at radius 1 is 0.909 bits per heavy atom. The maximum Gasteiger partial charge on any atom is 0.326 e. The van der Waals surface area contributed by atoms with Crippen LogP contribution in [0.5, 0.6) is 0 Å². The van der Waals surface area contributed by atoms with Crippen LogP contribution in [0.25, 0.3) is 0 Å². The van der Waals surface area contributed by atoms with Crippen molar-refractivity contribution in [2.75, 3.05) is 5.75 Å². The van der Waals surface area contributed by atoms with Gasteiger partial charge in [0, 0.05) is 12.2 Å². The molecule has 0 aliphatic heterocycles. The van der Waals surface area contributed by atoms with E-state index in [0.29, 0.717) is 5.56 Å². The second kappa shape index (κ2) is 13.4. The van der Waals surface area contributed by atoms with Crippen LogP contribution in [0.1, 0.15) is 25.8 Å². The molecule has 0 saturated heterocycles. The first kappa shape index (κ1) is 27.9. The molecule has 0 radical (unpaired) electrons. The van der Waals surface area contributed by atoms with E-state index in [9.17, 15) is 29.1 Å². The number of carbonyl (C=O) groups excluding carboxylic acids is 3. The number of amides is 3. The number of carboxylic acid groups (broad SMARTS) is 2. The summed E-state index contributed by atoms with van der Waals surface area (Å²) in [5.74, 6) is -5.36. The van der Waals surface area contributed by atoms with Crippen LogP contribution >= 0.6 is 12.6 Å². The average molecular weight is 483 g/mol. The lowest BCUT2D eigenvalue weighted by Gasteiger charge is -2.26. The molecule has 0 fully saturated rings. The molecule has 4 unspecified atom stereocenters. The Morgan fingerprint density at radius 2 is 1.48 bits per heavy atom. The lowest BCUT2D eigenvalue weighted by molar-refractivity contribution is -0.142. The van der Waals surface area contributed by atoms with E-state index in [0.717, 1.165) is 0 Å². The first-order valence-electron chi connectivity index (χ1n) is 10.2. The minimum absolute atomic E-state index is 0.0530. The van der Waals surface area contributed by atoms with Gasteiger partial charge in [-0.05, 0) is 11.5 Å². The summed E-state index contributed by atoms with van der Waals surface area (Å²) in [7, 11) is 0. The molecule has 7 N–H and O–H groups in total. The largest absolute Gasteiger partial charge is 0.481 e. The summed E-state index contributed by atoms with van der Waals surface area (Å²) in [5.41, 5.74) is 6.21. The number of aliphatic carboxylic acids is 2. The van der Waals surface area contributed by atoms with Crippen LogP contribution in [-0.4, -0.2) is 69.8 Å². The lowest BCUT2D eigenvalue weighted by atomic mass is 10.0. The number of carboxylic acids is 2. The summed E-state index contributed by atoms with van der Waals surface area (Å²) in [5, 5.41) is 25.5. The molecule has 0 heterocycles. The number of hydrogen-bond donors (Lipinski definition) is 7. The third-order valence-corrected chi connectivity index (χ3v) is 5.06. The fourth-order valence-electron chi connectivity index (χ4n) is 2.85. The number of nitrogens with two attached hydrogens (primary N) is 1. The lowest BCUT2D eigenvalue weighted by Crippen LogP contribution is -2.59. The highest BCUT2D eigenvalue weighted by atomic mass is 32.1. The van der Waals surface area contributed by atoms with Gasteiger partial charge in [0.15, 0.2) is 0 Å². The zero-order valence-electron chi connectivity index (χ0n) is 18.4. The summed E-state index contributed by atoms with van der Waals surface area (Å²) in [6, 6.07) is 3.90. The highest BCUT2D eigenvalue weighted by molar-refractivity contribution is 7.80. The van der Waals surface area contributed by atoms with Crippen LogP contribution in [0.15, 0.2) is 30.3 Å². The summed E-state index contributed by atoms with van der Waals surface area (Å²) in [4.78, 5) is 59.9. The fraction of sp³-hybridized carbons (Fsp3) is 0.476. The molecule has 1 aromatic rings. The molecule has 1 rings (SSSR count). The van der Waals surface area contributed by atoms with Gasteiger partial charge in [-0.3, -0.25) is 19.2 Å². The maximum absolute atomic E-state index is 12.8. The SMILES string of the molecule is CC(C)C(NC(=O)C(CS)NC(=O)C(N)CC(=O)O)C(=O)NC(Cc1ccccc1)C(=O)O. The number of benzene rings is 1. The molecule has 0 saturated carbocycles. The van der Waals surface area contributed by atoms with Crippen molar-refractivity contribution < 1.29 is 34.2 Å². The van der Waals surface area contributed by atoms with Gasteiger partial charge in [-0.25, -0.2) is 4.79 Å². The number of carbonyl (C=O) groups is 5. The molecule has 0 bridgehead atoms. The van der Waals surface area contributed by atoms with Gasteiger partial charge in [0.2, 0.25) is 17.7 Å². The van der Waals surface area contributed by atoms with E-state index in [2.05, 4.69) is 28.6 Å². The summed E-state index contributed by atoms with van der Waals surface area (Å²) >= 11 is 4.02. The topological polar surface area (TPSA) is 188 Å². The standard InChI is InChI=1S/C21H30N4O7S/c1-11(2)17(20(30)23-14(21(31)32)8-12-6-4-3-5-7-12)25-19(29)15(10-33)24-18(28)13(22)9-16(26)27/h3-7,11,13-15,17,33H,8-10,22H2,1-2H3,(H,23,30)(H,24,28)(H,25,29)(H,26,27)(H,31,32). The Bertz CT molecular complexity index is 850. The molecule has 0 aliphatic carbocycles. The van der Waals surface area contributed by atoms with Crippen molar-refractivity contribution in [3.05, 3.63) is 35.9 Å². The summed E-state index contributed by atoms with van der Waals surface area (Å²) in [6.07, 6.45) is -0.570. The first-order valence-corrected chi connectivity index (χ1v) is 10.9. The number of rotatable bonds is 13. The third-order valence-electron chi connectivity index (χ3n) is 4.69. The zero-order valence-corrected chi connectivity index (χ0v) is 19.2. The Hall–Kier alpha value is -3.12. The van der Waals surface area contributed by atoms with Gasteiger partial charge >= 0.3 is 11.9 Å². The van der Waals surface area contributed by atoms with Crippen LogP contribution in [0.2, 0.25) is 0 Å². The Morgan fingerprint density at radius 3 is 1.97 bits per heavy atom. The molecule has 4 atom stereocenters. The van der Waals surface area contributed by atoms with Crippen LogP contribution in [0.3, 0.4) is 0 Å². The molecule has 12 heteroatoms. The number of hydrogen-bond acceptors (Lipinski definition) is 7. The molecule has 3 amide bonds. The number of thiol groups is 1. The van der Waals surface area contributed by atoms with Gasteiger partial charge in [0.1, 0.15) is 18.1 Å². The van der Waals surface area contributed by atoms with Crippen molar-refractivity contribution >= 4 is 42.3 Å². The average Bonchev–Trinajstić information content (AvgIpc) is 2.74. The van der Waals surface area contributed by atoms with Crippen molar-refractivity contribution in [3.8, 4) is 0 Å². The Balaban J connectivity index is 2.85. The first-order chi connectivity index (χ1) is 15.5. The predicted molar refractivity (Wildman–Crippen MR) is 122 cm³/mol. The van der Waals surface area contributed by atoms with E-state index in [1.54, 1.807) is 44.2 Å². The fourth-order valence-corrected chi connectivity index (χ4v) is 3.11. The molecule has 1 aromatic carbocycles. The van der Waals surface area contributed by atoms with E-state index in [4.69, 9.17) is 10.8 Å². The Kier molecular flexibility index (Phi) is 11.4. The monoisotopic (exact) mass is 482 g/mol. The van der Waals surface area contributed by atoms with Crippen LogP contribution in [0, 0.1) is 5.92 Å². The van der Waals surface area contributed by atoms with Crippen LogP contribution < -0.4 is 21.7 Å². The smallest absolute Gasteiger partial charge is 0.326 e. The van der Waals surface area contributed by atoms with Gasteiger partial charge in [-0.2, -0.15) is 12.6 Å².